The Balaban J connectivity index is -0.000000500. The van der Waals surface area contributed by atoms with Gasteiger partial charge in [-0.15, -0.1) is 0 Å². The van der Waals surface area contributed by atoms with Crippen LogP contribution in [-0.2, 0) is 14.3 Å². The maximum absolute atomic E-state index is 10.7. The molecule has 0 bridgehead atoms. The first-order chi connectivity index (χ1) is 5.20. The topological polar surface area (TPSA) is 43.4 Å². The van der Waals surface area contributed by atoms with Gasteiger partial charge in [0, 0.05) is 12.8 Å². The SMILES string of the molecule is CCCC(=O)OC(=O)CCC.[NaH].[NaH]. The molecule has 0 aromatic heterocycles. The number of rotatable bonds is 4. The van der Waals surface area contributed by atoms with E-state index < -0.39 is 11.9 Å². The Kier molecular flexibility index (Phi) is 19.9. The molecule has 0 spiro atoms. The summed E-state index contributed by atoms with van der Waals surface area (Å²) in [6, 6.07) is 0. The van der Waals surface area contributed by atoms with Crippen molar-refractivity contribution in [2.24, 2.45) is 0 Å². The second kappa shape index (κ2) is 13.1. The standard InChI is InChI=1S/C8H14O3.2Na.2H/c1-3-5-7(9)11-8(10)6-4-2;;;;/h3-6H2,1-2H3;;;;. The quantitative estimate of drug-likeness (QED) is 0.379. The van der Waals surface area contributed by atoms with E-state index >= 15 is 0 Å². The third kappa shape index (κ3) is 13.1. The van der Waals surface area contributed by atoms with Crippen LogP contribution in [0.4, 0.5) is 0 Å². The average molecular weight is 206 g/mol. The number of esters is 2. The van der Waals surface area contributed by atoms with E-state index in [2.05, 4.69) is 4.74 Å². The Morgan fingerprint density at radius 3 is 1.46 bits per heavy atom. The van der Waals surface area contributed by atoms with Crippen LogP contribution in [0.25, 0.3) is 0 Å². The first-order valence-corrected chi connectivity index (χ1v) is 3.94. The second-order valence-corrected chi connectivity index (χ2v) is 2.35. The van der Waals surface area contributed by atoms with E-state index in [0.29, 0.717) is 12.8 Å². The molecule has 3 nitrogen and oxygen atoms in total. The van der Waals surface area contributed by atoms with Crippen LogP contribution in [0.1, 0.15) is 39.5 Å². The van der Waals surface area contributed by atoms with E-state index in [9.17, 15) is 9.59 Å². The molecule has 0 unspecified atom stereocenters. The first-order valence-electron chi connectivity index (χ1n) is 3.94. The maximum atomic E-state index is 10.7. The summed E-state index contributed by atoms with van der Waals surface area (Å²) < 4.78 is 4.45. The third-order valence-corrected chi connectivity index (χ3v) is 1.14. The monoisotopic (exact) mass is 206 g/mol. The summed E-state index contributed by atoms with van der Waals surface area (Å²) in [4.78, 5) is 21.4. The van der Waals surface area contributed by atoms with E-state index in [0.717, 1.165) is 12.8 Å². The first kappa shape index (κ1) is 19.7. The van der Waals surface area contributed by atoms with Gasteiger partial charge in [0.25, 0.3) is 0 Å². The van der Waals surface area contributed by atoms with Crippen molar-refractivity contribution in [3.05, 3.63) is 0 Å². The zero-order valence-corrected chi connectivity index (χ0v) is 7.05. The molecule has 0 heterocycles. The fourth-order valence-electron chi connectivity index (χ4n) is 0.637. The number of ether oxygens (including phenoxy) is 1. The molecule has 13 heavy (non-hydrogen) atoms. The van der Waals surface area contributed by atoms with Crippen LogP contribution < -0.4 is 0 Å². The van der Waals surface area contributed by atoms with Gasteiger partial charge in [0.05, 0.1) is 0 Å². The summed E-state index contributed by atoms with van der Waals surface area (Å²) in [6.45, 7) is 3.73. The summed E-state index contributed by atoms with van der Waals surface area (Å²) in [7, 11) is 0. The predicted molar refractivity (Wildman–Crippen MR) is 55.2 cm³/mol. The molecule has 68 valence electrons. The van der Waals surface area contributed by atoms with Gasteiger partial charge in [0.2, 0.25) is 0 Å². The van der Waals surface area contributed by atoms with E-state index in [1.54, 1.807) is 0 Å². The zero-order valence-electron chi connectivity index (χ0n) is 7.05. The molecule has 0 aromatic rings. The summed E-state index contributed by atoms with van der Waals surface area (Å²) in [6.07, 6.45) is 2.10. The number of carbonyl (C=O) groups is 2. The van der Waals surface area contributed by atoms with Crippen molar-refractivity contribution in [1.82, 2.24) is 0 Å². The van der Waals surface area contributed by atoms with E-state index in [4.69, 9.17) is 0 Å². The van der Waals surface area contributed by atoms with Crippen molar-refractivity contribution in [1.29, 1.82) is 0 Å². The molecular weight excluding hydrogens is 190 g/mol. The van der Waals surface area contributed by atoms with Crippen molar-refractivity contribution in [2.45, 2.75) is 39.5 Å². The number of carbonyl (C=O) groups excluding carboxylic acids is 2. The van der Waals surface area contributed by atoms with Gasteiger partial charge in [0.15, 0.2) is 0 Å². The molecule has 0 aliphatic carbocycles. The summed E-state index contributed by atoms with van der Waals surface area (Å²) >= 11 is 0. The van der Waals surface area contributed by atoms with E-state index in [1.165, 1.54) is 0 Å². The van der Waals surface area contributed by atoms with Gasteiger partial charge in [-0.1, -0.05) is 13.8 Å². The van der Waals surface area contributed by atoms with Gasteiger partial charge in [-0.2, -0.15) is 0 Å². The fraction of sp³-hybridized carbons (Fsp3) is 0.750. The molecule has 0 aliphatic heterocycles. The molecule has 0 atom stereocenters. The Bertz CT molecular complexity index is 132. The van der Waals surface area contributed by atoms with Gasteiger partial charge >= 0.3 is 71.1 Å². The number of hydrogen-bond donors (Lipinski definition) is 0. The van der Waals surface area contributed by atoms with Crippen LogP contribution >= 0.6 is 0 Å². The Morgan fingerprint density at radius 1 is 0.923 bits per heavy atom. The minimum absolute atomic E-state index is 0. The molecule has 0 radical (unpaired) electrons. The van der Waals surface area contributed by atoms with Crippen molar-refractivity contribution in [3.8, 4) is 0 Å². The van der Waals surface area contributed by atoms with Crippen LogP contribution in [0.15, 0.2) is 0 Å². The molecular formula is C8H16Na2O3. The second-order valence-electron chi connectivity index (χ2n) is 2.35. The van der Waals surface area contributed by atoms with Crippen molar-refractivity contribution < 1.29 is 14.3 Å². The fourth-order valence-corrected chi connectivity index (χ4v) is 0.637. The van der Waals surface area contributed by atoms with Crippen LogP contribution in [0.3, 0.4) is 0 Å². The Morgan fingerprint density at radius 2 is 1.23 bits per heavy atom. The molecule has 0 saturated carbocycles. The average Bonchev–Trinajstić information content (AvgIpc) is 1.87. The van der Waals surface area contributed by atoms with Gasteiger partial charge in [-0.25, -0.2) is 0 Å². The van der Waals surface area contributed by atoms with E-state index in [-0.39, 0.29) is 59.1 Å². The van der Waals surface area contributed by atoms with Gasteiger partial charge in [0.1, 0.15) is 0 Å². The Labute approximate surface area is 124 Å². The molecule has 0 fully saturated rings. The van der Waals surface area contributed by atoms with Gasteiger partial charge in [-0.05, 0) is 12.8 Å². The molecule has 0 saturated heterocycles. The van der Waals surface area contributed by atoms with Crippen LogP contribution in [-0.4, -0.2) is 71.1 Å². The van der Waals surface area contributed by atoms with E-state index in [1.807, 2.05) is 13.8 Å². The summed E-state index contributed by atoms with van der Waals surface area (Å²) in [5.41, 5.74) is 0. The third-order valence-electron chi connectivity index (χ3n) is 1.14. The zero-order chi connectivity index (χ0) is 8.69. The molecule has 0 rings (SSSR count). The van der Waals surface area contributed by atoms with Gasteiger partial charge < -0.3 is 4.74 Å². The van der Waals surface area contributed by atoms with Crippen LogP contribution in [0, 0.1) is 0 Å². The molecule has 5 heteroatoms. The summed E-state index contributed by atoms with van der Waals surface area (Å²) in [5, 5.41) is 0. The molecule has 0 amide bonds. The molecule has 0 aliphatic rings. The number of hydrogen-bond acceptors (Lipinski definition) is 3. The van der Waals surface area contributed by atoms with Crippen molar-refractivity contribution in [3.63, 3.8) is 0 Å². The van der Waals surface area contributed by atoms with Crippen molar-refractivity contribution >= 4 is 71.1 Å². The van der Waals surface area contributed by atoms with Crippen LogP contribution in [0.2, 0.25) is 0 Å². The normalized spacial score (nSPS) is 7.85. The van der Waals surface area contributed by atoms with Crippen LogP contribution in [0.5, 0.6) is 0 Å². The van der Waals surface area contributed by atoms with Gasteiger partial charge in [-0.3, -0.25) is 9.59 Å². The molecule has 0 aromatic carbocycles. The van der Waals surface area contributed by atoms with Crippen molar-refractivity contribution in [2.75, 3.05) is 0 Å². The summed E-state index contributed by atoms with van der Waals surface area (Å²) in [5.74, 6) is -0.822. The molecule has 0 N–H and O–H groups in total. The Hall–Kier alpha value is 1.14. The minimum atomic E-state index is -0.411. The predicted octanol–water partition coefficient (Wildman–Crippen LogP) is 0.359.